The lowest BCUT2D eigenvalue weighted by atomic mass is 10.1. The quantitative estimate of drug-likeness (QED) is 0.884. The highest BCUT2D eigenvalue weighted by molar-refractivity contribution is 7.11. The van der Waals surface area contributed by atoms with E-state index < -0.39 is 0 Å². The summed E-state index contributed by atoms with van der Waals surface area (Å²) >= 11 is 1.74. The Hall–Kier alpha value is -1.47. The van der Waals surface area contributed by atoms with Crippen molar-refractivity contribution in [1.82, 2.24) is 20.2 Å². The van der Waals surface area contributed by atoms with Crippen LogP contribution in [-0.4, -0.2) is 39.9 Å². The number of aromatic nitrogens is 4. The molecule has 108 valence electrons. The third-order valence-corrected chi connectivity index (χ3v) is 4.59. The summed E-state index contributed by atoms with van der Waals surface area (Å²) in [6.07, 6.45) is 2.94. The molecule has 0 bridgehead atoms. The molecule has 0 spiro atoms. The van der Waals surface area contributed by atoms with E-state index in [1.165, 1.54) is 4.88 Å². The number of thiazole rings is 1. The number of rotatable bonds is 5. The number of anilines is 1. The Labute approximate surface area is 122 Å². The summed E-state index contributed by atoms with van der Waals surface area (Å²) in [6.45, 7) is 6.57. The minimum absolute atomic E-state index is 0.352. The monoisotopic (exact) mass is 293 g/mol. The van der Waals surface area contributed by atoms with Crippen LogP contribution in [0, 0.1) is 6.92 Å². The molecule has 2 aromatic rings. The third kappa shape index (κ3) is 2.99. The molecule has 0 aliphatic carbocycles. The lowest BCUT2D eigenvalue weighted by molar-refractivity contribution is 0.193. The maximum Gasteiger partial charge on any atom is 0.242 e. The molecule has 2 atom stereocenters. The molecule has 1 aliphatic rings. The second kappa shape index (κ2) is 5.88. The van der Waals surface area contributed by atoms with Crippen LogP contribution in [0.1, 0.15) is 40.9 Å². The van der Waals surface area contributed by atoms with Crippen molar-refractivity contribution in [3.05, 3.63) is 21.9 Å². The number of ether oxygens (including phenoxy) is 1. The Morgan fingerprint density at radius 1 is 1.60 bits per heavy atom. The summed E-state index contributed by atoms with van der Waals surface area (Å²) in [5.41, 5.74) is 0. The van der Waals surface area contributed by atoms with Crippen molar-refractivity contribution in [3.63, 3.8) is 0 Å². The first kappa shape index (κ1) is 13.5. The van der Waals surface area contributed by atoms with Gasteiger partial charge in [-0.3, -0.25) is 5.10 Å². The topological polar surface area (TPSA) is 75.7 Å². The lowest BCUT2D eigenvalue weighted by Gasteiger charge is -2.08. The van der Waals surface area contributed by atoms with Crippen LogP contribution < -0.4 is 5.32 Å². The van der Waals surface area contributed by atoms with Crippen LogP contribution in [0.2, 0.25) is 0 Å². The molecule has 1 fully saturated rings. The van der Waals surface area contributed by atoms with E-state index in [1.807, 2.05) is 6.20 Å². The van der Waals surface area contributed by atoms with Crippen molar-refractivity contribution in [3.8, 4) is 0 Å². The summed E-state index contributed by atoms with van der Waals surface area (Å²) in [6, 6.07) is 0. The SMILES string of the molecule is Cc1cnc(C(C)CNc2n[nH]c(C3CCOC3)n2)s1. The molecule has 0 saturated carbocycles. The first-order chi connectivity index (χ1) is 9.72. The van der Waals surface area contributed by atoms with Crippen molar-refractivity contribution in [1.29, 1.82) is 0 Å². The van der Waals surface area contributed by atoms with E-state index in [0.29, 0.717) is 17.8 Å². The molecule has 1 aliphatic heterocycles. The summed E-state index contributed by atoms with van der Waals surface area (Å²) < 4.78 is 5.36. The third-order valence-electron chi connectivity index (χ3n) is 3.45. The van der Waals surface area contributed by atoms with Gasteiger partial charge in [-0.2, -0.15) is 4.98 Å². The standard InChI is InChI=1S/C13H19N5OS/c1-8(12-14-6-9(2)20-12)5-15-13-16-11(17-18-13)10-3-4-19-7-10/h6,8,10H,3-5,7H2,1-2H3,(H2,15,16,17,18). The molecule has 6 nitrogen and oxygen atoms in total. The van der Waals surface area contributed by atoms with Gasteiger partial charge in [0, 0.05) is 36.1 Å². The maximum atomic E-state index is 5.36. The Bertz CT molecular complexity index is 561. The number of nitrogens with zero attached hydrogens (tertiary/aromatic N) is 3. The molecule has 0 radical (unpaired) electrons. The average molecular weight is 293 g/mol. The highest BCUT2D eigenvalue weighted by atomic mass is 32.1. The van der Waals surface area contributed by atoms with E-state index in [0.717, 1.165) is 37.0 Å². The first-order valence-corrected chi connectivity index (χ1v) is 7.70. The van der Waals surface area contributed by atoms with Gasteiger partial charge < -0.3 is 10.1 Å². The largest absolute Gasteiger partial charge is 0.381 e. The number of hydrogen-bond donors (Lipinski definition) is 2. The second-order valence-corrected chi connectivity index (χ2v) is 6.46. The molecular weight excluding hydrogens is 274 g/mol. The molecule has 20 heavy (non-hydrogen) atoms. The second-order valence-electron chi connectivity index (χ2n) is 5.20. The van der Waals surface area contributed by atoms with E-state index in [2.05, 4.69) is 39.3 Å². The Morgan fingerprint density at radius 2 is 2.50 bits per heavy atom. The minimum atomic E-state index is 0.352. The number of nitrogens with one attached hydrogen (secondary N) is 2. The van der Waals surface area contributed by atoms with Crippen LogP contribution in [0.3, 0.4) is 0 Å². The fraction of sp³-hybridized carbons (Fsp3) is 0.615. The van der Waals surface area contributed by atoms with Gasteiger partial charge in [-0.1, -0.05) is 6.92 Å². The summed E-state index contributed by atoms with van der Waals surface area (Å²) in [5.74, 6) is 2.29. The van der Waals surface area contributed by atoms with E-state index in [1.54, 1.807) is 11.3 Å². The van der Waals surface area contributed by atoms with Gasteiger partial charge in [0.2, 0.25) is 5.95 Å². The Kier molecular flexibility index (Phi) is 3.98. The van der Waals surface area contributed by atoms with Crippen molar-refractivity contribution in [2.24, 2.45) is 0 Å². The molecule has 7 heteroatoms. The van der Waals surface area contributed by atoms with Crippen molar-refractivity contribution in [2.75, 3.05) is 25.1 Å². The van der Waals surface area contributed by atoms with Gasteiger partial charge in [-0.15, -0.1) is 16.4 Å². The van der Waals surface area contributed by atoms with Crippen LogP contribution in [-0.2, 0) is 4.74 Å². The van der Waals surface area contributed by atoms with Gasteiger partial charge in [0.05, 0.1) is 11.6 Å². The summed E-state index contributed by atoms with van der Waals surface area (Å²) in [4.78, 5) is 10.1. The summed E-state index contributed by atoms with van der Waals surface area (Å²) in [5, 5.41) is 11.6. The van der Waals surface area contributed by atoms with Crippen LogP contribution in [0.25, 0.3) is 0 Å². The van der Waals surface area contributed by atoms with E-state index in [9.17, 15) is 0 Å². The zero-order chi connectivity index (χ0) is 13.9. The number of aryl methyl sites for hydroxylation is 1. The van der Waals surface area contributed by atoms with Crippen molar-refractivity contribution in [2.45, 2.75) is 32.1 Å². The van der Waals surface area contributed by atoms with Crippen molar-refractivity contribution >= 4 is 17.3 Å². The molecule has 0 amide bonds. The Balaban J connectivity index is 1.55. The van der Waals surface area contributed by atoms with E-state index in [-0.39, 0.29) is 0 Å². The Morgan fingerprint density at radius 3 is 3.20 bits per heavy atom. The van der Waals surface area contributed by atoms with Crippen molar-refractivity contribution < 1.29 is 4.74 Å². The normalized spacial score (nSPS) is 20.2. The number of aromatic amines is 1. The molecule has 2 unspecified atom stereocenters. The molecule has 1 saturated heterocycles. The van der Waals surface area contributed by atoms with Gasteiger partial charge in [0.1, 0.15) is 5.82 Å². The van der Waals surface area contributed by atoms with Gasteiger partial charge in [-0.25, -0.2) is 4.98 Å². The van der Waals surface area contributed by atoms with E-state index in [4.69, 9.17) is 4.74 Å². The minimum Gasteiger partial charge on any atom is -0.381 e. The fourth-order valence-electron chi connectivity index (χ4n) is 2.22. The first-order valence-electron chi connectivity index (χ1n) is 6.88. The average Bonchev–Trinajstić information content (AvgIpc) is 3.16. The van der Waals surface area contributed by atoms with Gasteiger partial charge in [0.15, 0.2) is 0 Å². The molecule has 0 aromatic carbocycles. The van der Waals surface area contributed by atoms with Gasteiger partial charge in [0.25, 0.3) is 0 Å². The number of hydrogen-bond acceptors (Lipinski definition) is 6. The predicted molar refractivity (Wildman–Crippen MR) is 78.3 cm³/mol. The number of H-pyrrole nitrogens is 1. The highest BCUT2D eigenvalue weighted by Gasteiger charge is 2.21. The zero-order valence-corrected chi connectivity index (χ0v) is 12.5. The zero-order valence-electron chi connectivity index (χ0n) is 11.7. The van der Waals surface area contributed by atoms with Crippen LogP contribution >= 0.6 is 11.3 Å². The fourth-order valence-corrected chi connectivity index (χ4v) is 3.04. The van der Waals surface area contributed by atoms with Gasteiger partial charge in [-0.05, 0) is 13.3 Å². The molecule has 3 rings (SSSR count). The smallest absolute Gasteiger partial charge is 0.242 e. The van der Waals surface area contributed by atoms with Gasteiger partial charge >= 0.3 is 0 Å². The molecule has 2 aromatic heterocycles. The summed E-state index contributed by atoms with van der Waals surface area (Å²) in [7, 11) is 0. The predicted octanol–water partition coefficient (Wildman–Crippen LogP) is 2.29. The lowest BCUT2D eigenvalue weighted by Crippen LogP contribution is -2.10. The van der Waals surface area contributed by atoms with E-state index >= 15 is 0 Å². The highest BCUT2D eigenvalue weighted by Crippen LogP contribution is 2.23. The van der Waals surface area contributed by atoms with Crippen LogP contribution in [0.4, 0.5) is 5.95 Å². The van der Waals surface area contributed by atoms with Crippen LogP contribution in [0.15, 0.2) is 6.20 Å². The molecular formula is C13H19N5OS. The maximum absolute atomic E-state index is 5.36. The molecule has 2 N–H and O–H groups in total. The molecule has 3 heterocycles. The van der Waals surface area contributed by atoms with Crippen LogP contribution in [0.5, 0.6) is 0 Å².